The van der Waals surface area contributed by atoms with Gasteiger partial charge in [-0.1, -0.05) is 18.7 Å². The molecule has 3 aromatic rings. The van der Waals surface area contributed by atoms with Gasteiger partial charge in [-0.15, -0.1) is 0 Å². The van der Waals surface area contributed by atoms with Crippen molar-refractivity contribution in [2.75, 3.05) is 51.9 Å². The number of nitrogens with one attached hydrogen (secondary N) is 2. The molecule has 0 saturated carbocycles. The second-order valence-corrected chi connectivity index (χ2v) is 8.04. The molecule has 36 heavy (non-hydrogen) atoms. The van der Waals surface area contributed by atoms with Crippen molar-refractivity contribution >= 4 is 29.9 Å². The number of benzene rings is 1. The van der Waals surface area contributed by atoms with E-state index in [1.807, 2.05) is 43.3 Å². The molecule has 1 aromatic carbocycles. The highest BCUT2D eigenvalue weighted by Gasteiger charge is 2.16. The first-order valence-corrected chi connectivity index (χ1v) is 11.9. The molecule has 190 valence electrons. The number of aromatic nitrogens is 3. The van der Waals surface area contributed by atoms with Crippen LogP contribution >= 0.6 is 0 Å². The second-order valence-electron chi connectivity index (χ2n) is 8.04. The summed E-state index contributed by atoms with van der Waals surface area (Å²) in [5.41, 5.74) is 0.843. The number of anilines is 2. The number of H-pyrrole nitrogens is 1. The maximum absolute atomic E-state index is 5.84. The molecular weight excluding hydrogens is 460 g/mol. The Bertz CT molecular complexity index is 1250. The molecule has 10 nitrogen and oxygen atoms in total. The topological polar surface area (TPSA) is 106 Å². The Labute approximate surface area is 210 Å². The number of hydrogen-bond acceptors (Lipinski definition) is 9. The molecule has 0 amide bonds. The van der Waals surface area contributed by atoms with Crippen molar-refractivity contribution in [3.8, 4) is 11.6 Å². The number of aromatic amines is 1. The minimum Gasteiger partial charge on any atom is -0.497 e. The maximum Gasteiger partial charge on any atom is 0.213 e. The van der Waals surface area contributed by atoms with Gasteiger partial charge in [0.15, 0.2) is 11.7 Å². The molecule has 0 aliphatic carbocycles. The fraction of sp³-hybridized carbons (Fsp3) is 0.346. The SMILES string of the molecule is C=c1[nH]c(Nc2cccc(OC)c2)n/c1=C(/N=C(\C)OCCOc1ccccn1)N1CCCOCC1. The Morgan fingerprint density at radius 3 is 2.94 bits per heavy atom. The van der Waals surface area contributed by atoms with Crippen molar-refractivity contribution in [2.45, 2.75) is 13.3 Å². The van der Waals surface area contributed by atoms with Crippen LogP contribution in [0.1, 0.15) is 13.3 Å². The Hall–Kier alpha value is -4.05. The second kappa shape index (κ2) is 12.6. The van der Waals surface area contributed by atoms with E-state index in [0.717, 1.165) is 24.4 Å². The number of imidazole rings is 1. The Balaban J connectivity index is 1.55. The number of hydrogen-bond donors (Lipinski definition) is 2. The first-order chi connectivity index (χ1) is 17.6. The monoisotopic (exact) mass is 492 g/mol. The van der Waals surface area contributed by atoms with Gasteiger partial charge in [0, 0.05) is 50.6 Å². The number of rotatable bonds is 9. The number of aliphatic imine (C=N–C) groups is 1. The summed E-state index contributed by atoms with van der Waals surface area (Å²) in [5, 5.41) is 4.57. The van der Waals surface area contributed by atoms with Gasteiger partial charge in [-0.3, -0.25) is 0 Å². The molecule has 1 fully saturated rings. The van der Waals surface area contributed by atoms with Crippen LogP contribution in [-0.4, -0.2) is 72.4 Å². The lowest BCUT2D eigenvalue weighted by Gasteiger charge is -2.22. The van der Waals surface area contributed by atoms with Crippen LogP contribution in [0.4, 0.5) is 11.6 Å². The lowest BCUT2D eigenvalue weighted by molar-refractivity contribution is 0.146. The van der Waals surface area contributed by atoms with E-state index in [-0.39, 0.29) is 0 Å². The van der Waals surface area contributed by atoms with Crippen molar-refractivity contribution in [3.05, 3.63) is 59.4 Å². The third-order valence-electron chi connectivity index (χ3n) is 5.39. The van der Waals surface area contributed by atoms with Crippen LogP contribution in [0.25, 0.3) is 12.4 Å². The molecule has 0 unspecified atom stereocenters. The van der Waals surface area contributed by atoms with Crippen LogP contribution in [0.15, 0.2) is 53.7 Å². The molecule has 1 aliphatic rings. The quantitative estimate of drug-likeness (QED) is 0.266. The molecular formula is C26H32N6O4. The van der Waals surface area contributed by atoms with Crippen LogP contribution in [-0.2, 0) is 9.47 Å². The van der Waals surface area contributed by atoms with E-state index < -0.39 is 0 Å². The van der Waals surface area contributed by atoms with Crippen molar-refractivity contribution in [3.63, 3.8) is 0 Å². The van der Waals surface area contributed by atoms with Gasteiger partial charge in [-0.25, -0.2) is 9.97 Å². The van der Waals surface area contributed by atoms with E-state index in [4.69, 9.17) is 28.9 Å². The van der Waals surface area contributed by atoms with Gasteiger partial charge in [0.1, 0.15) is 24.3 Å². The van der Waals surface area contributed by atoms with E-state index >= 15 is 0 Å². The summed E-state index contributed by atoms with van der Waals surface area (Å²) in [5.74, 6) is 3.06. The highest BCUT2D eigenvalue weighted by Crippen LogP contribution is 2.19. The fourth-order valence-electron chi connectivity index (χ4n) is 3.67. The summed E-state index contributed by atoms with van der Waals surface area (Å²) in [6, 6.07) is 13.1. The predicted octanol–water partition coefficient (Wildman–Crippen LogP) is 2.27. The standard InChI is InChI=1S/C26H32N6O4/c1-19-24(31-26(28-19)30-21-8-6-9-22(18-21)33-3)25(32-12-7-14-34-15-13-32)29-20(2)35-16-17-36-23-10-4-5-11-27-23/h4-6,8-11,18H,1,7,12-17H2,2-3H3,(H2,28,30,31)/b25-24-,29-20+. The third-order valence-corrected chi connectivity index (χ3v) is 5.39. The van der Waals surface area contributed by atoms with Gasteiger partial charge in [-0.05, 0) is 24.6 Å². The first-order valence-electron chi connectivity index (χ1n) is 11.9. The van der Waals surface area contributed by atoms with Crippen molar-refractivity contribution in [1.82, 2.24) is 19.9 Å². The van der Waals surface area contributed by atoms with Crippen LogP contribution in [0.3, 0.4) is 0 Å². The molecule has 0 spiro atoms. The highest BCUT2D eigenvalue weighted by molar-refractivity contribution is 5.77. The van der Waals surface area contributed by atoms with Crippen LogP contribution in [0.5, 0.6) is 11.6 Å². The summed E-state index contributed by atoms with van der Waals surface area (Å²) in [4.78, 5) is 19.1. The molecule has 2 aromatic heterocycles. The Kier molecular flexibility index (Phi) is 8.77. The summed E-state index contributed by atoms with van der Waals surface area (Å²) < 4.78 is 22.4. The van der Waals surface area contributed by atoms with Gasteiger partial charge >= 0.3 is 0 Å². The van der Waals surface area contributed by atoms with Crippen molar-refractivity contribution in [2.24, 2.45) is 4.99 Å². The summed E-state index contributed by atoms with van der Waals surface area (Å²) in [6.45, 7) is 9.50. The lowest BCUT2D eigenvalue weighted by Crippen LogP contribution is -2.35. The molecule has 1 saturated heterocycles. The van der Waals surface area contributed by atoms with Crippen molar-refractivity contribution < 1.29 is 18.9 Å². The van der Waals surface area contributed by atoms with Gasteiger partial charge in [0.25, 0.3) is 0 Å². The van der Waals surface area contributed by atoms with E-state index in [0.29, 0.717) is 67.2 Å². The zero-order chi connectivity index (χ0) is 25.2. The molecule has 0 radical (unpaired) electrons. The van der Waals surface area contributed by atoms with Crippen LogP contribution in [0.2, 0.25) is 0 Å². The zero-order valence-electron chi connectivity index (χ0n) is 20.7. The van der Waals surface area contributed by atoms with E-state index in [2.05, 4.69) is 26.8 Å². The molecule has 3 heterocycles. The van der Waals surface area contributed by atoms with Gasteiger partial charge in [-0.2, -0.15) is 4.99 Å². The predicted molar refractivity (Wildman–Crippen MR) is 139 cm³/mol. The van der Waals surface area contributed by atoms with E-state index in [1.54, 1.807) is 19.4 Å². The Morgan fingerprint density at radius 2 is 2.11 bits per heavy atom. The smallest absolute Gasteiger partial charge is 0.213 e. The number of ether oxygens (including phenoxy) is 4. The Morgan fingerprint density at radius 1 is 1.19 bits per heavy atom. The summed E-state index contributed by atoms with van der Waals surface area (Å²) in [7, 11) is 1.64. The molecule has 10 heteroatoms. The average molecular weight is 493 g/mol. The summed E-state index contributed by atoms with van der Waals surface area (Å²) in [6.07, 6.45) is 2.58. The summed E-state index contributed by atoms with van der Waals surface area (Å²) >= 11 is 0. The fourth-order valence-corrected chi connectivity index (χ4v) is 3.67. The molecule has 2 N–H and O–H groups in total. The van der Waals surface area contributed by atoms with Gasteiger partial charge in [0.05, 0.1) is 19.1 Å². The lowest BCUT2D eigenvalue weighted by atomic mass is 10.3. The number of pyridine rings is 1. The minimum absolute atomic E-state index is 0.336. The van der Waals surface area contributed by atoms with Crippen molar-refractivity contribution in [1.29, 1.82) is 0 Å². The molecule has 0 bridgehead atoms. The third kappa shape index (κ3) is 6.98. The van der Waals surface area contributed by atoms with E-state index in [9.17, 15) is 0 Å². The van der Waals surface area contributed by atoms with Crippen LogP contribution < -0.4 is 25.5 Å². The van der Waals surface area contributed by atoms with E-state index in [1.165, 1.54) is 0 Å². The molecule has 4 rings (SSSR count). The molecule has 1 aliphatic heterocycles. The first kappa shape index (κ1) is 25.1. The maximum atomic E-state index is 5.84. The number of methoxy groups -OCH3 is 1. The highest BCUT2D eigenvalue weighted by atomic mass is 16.5. The normalized spacial score (nSPS) is 15.2. The van der Waals surface area contributed by atoms with Gasteiger partial charge < -0.3 is 34.1 Å². The average Bonchev–Trinajstić information content (AvgIpc) is 3.08. The zero-order valence-corrected chi connectivity index (χ0v) is 20.7. The number of nitrogens with zero attached hydrogens (tertiary/aromatic N) is 4. The van der Waals surface area contributed by atoms with Crippen LogP contribution in [0, 0.1) is 0 Å². The van der Waals surface area contributed by atoms with Gasteiger partial charge in [0.2, 0.25) is 11.8 Å². The largest absolute Gasteiger partial charge is 0.497 e. The molecule has 0 atom stereocenters. The minimum atomic E-state index is 0.336.